The highest BCUT2D eigenvalue weighted by Crippen LogP contribution is 2.14. The molecule has 0 aliphatic rings. The summed E-state index contributed by atoms with van der Waals surface area (Å²) in [5.74, 6) is 0.395. The number of hydrogen-bond acceptors (Lipinski definition) is 4. The van der Waals surface area contributed by atoms with Gasteiger partial charge in [0.25, 0.3) is 5.91 Å². The van der Waals surface area contributed by atoms with E-state index in [1.807, 2.05) is 31.2 Å². The summed E-state index contributed by atoms with van der Waals surface area (Å²) in [6.45, 7) is 1.86. The van der Waals surface area contributed by atoms with Crippen molar-refractivity contribution in [3.63, 3.8) is 0 Å². The monoisotopic (exact) mass is 269 g/mol. The fourth-order valence-corrected chi connectivity index (χ4v) is 1.60. The van der Waals surface area contributed by atoms with Gasteiger partial charge in [-0.15, -0.1) is 0 Å². The number of hydrogen-bond donors (Lipinski definition) is 1. The van der Waals surface area contributed by atoms with Gasteiger partial charge in [-0.1, -0.05) is 12.1 Å². The summed E-state index contributed by atoms with van der Waals surface area (Å²) in [4.78, 5) is 15.9. The second kappa shape index (κ2) is 6.47. The zero-order valence-electron chi connectivity index (χ0n) is 11.3. The van der Waals surface area contributed by atoms with Gasteiger partial charge in [-0.05, 0) is 31.2 Å². The number of aromatic nitrogens is 1. The average Bonchev–Trinajstić information content (AvgIpc) is 2.48. The van der Waals surface area contributed by atoms with Gasteiger partial charge in [0.15, 0.2) is 0 Å². The van der Waals surface area contributed by atoms with E-state index in [0.717, 1.165) is 11.3 Å². The molecule has 0 saturated carbocycles. The minimum Gasteiger partial charge on any atom is -0.496 e. The number of aryl methyl sites for hydroxylation is 1. The Morgan fingerprint density at radius 1 is 1.30 bits per heavy atom. The highest BCUT2D eigenvalue weighted by Gasteiger charge is 2.04. The van der Waals surface area contributed by atoms with E-state index in [1.165, 1.54) is 6.20 Å². The zero-order valence-corrected chi connectivity index (χ0v) is 11.3. The number of ether oxygens (including phenoxy) is 1. The van der Waals surface area contributed by atoms with Crippen LogP contribution < -0.4 is 10.2 Å². The number of rotatable bonds is 4. The van der Waals surface area contributed by atoms with Gasteiger partial charge in [-0.2, -0.15) is 5.10 Å². The van der Waals surface area contributed by atoms with Crippen molar-refractivity contribution in [2.24, 2.45) is 5.10 Å². The molecular formula is C15H15N3O2. The van der Waals surface area contributed by atoms with E-state index in [-0.39, 0.29) is 5.91 Å². The van der Waals surface area contributed by atoms with Crippen LogP contribution in [0.15, 0.2) is 47.7 Å². The van der Waals surface area contributed by atoms with E-state index >= 15 is 0 Å². The largest absolute Gasteiger partial charge is 0.496 e. The Kier molecular flexibility index (Phi) is 4.44. The number of nitrogens with zero attached hydrogens (tertiary/aromatic N) is 2. The topological polar surface area (TPSA) is 63.6 Å². The molecule has 0 radical (unpaired) electrons. The van der Waals surface area contributed by atoms with E-state index in [2.05, 4.69) is 15.5 Å². The first-order chi connectivity index (χ1) is 9.70. The molecule has 0 saturated heterocycles. The first kappa shape index (κ1) is 13.7. The summed E-state index contributed by atoms with van der Waals surface area (Å²) < 4.78 is 5.19. The van der Waals surface area contributed by atoms with Crippen molar-refractivity contribution in [1.29, 1.82) is 0 Å². The molecule has 102 valence electrons. The summed E-state index contributed by atoms with van der Waals surface area (Å²) in [6.07, 6.45) is 3.06. The lowest BCUT2D eigenvalue weighted by molar-refractivity contribution is 0.0955. The number of para-hydroxylation sites is 1. The van der Waals surface area contributed by atoms with Crippen molar-refractivity contribution < 1.29 is 9.53 Å². The van der Waals surface area contributed by atoms with Crippen molar-refractivity contribution in [2.75, 3.05) is 7.11 Å². The SMILES string of the molecule is COc1ccccc1/C=N/NC(=O)c1ccc(C)nc1. The maximum Gasteiger partial charge on any atom is 0.272 e. The molecule has 1 N–H and O–H groups in total. The van der Waals surface area contributed by atoms with Crippen molar-refractivity contribution >= 4 is 12.1 Å². The van der Waals surface area contributed by atoms with E-state index < -0.39 is 0 Å². The van der Waals surface area contributed by atoms with Crippen LogP contribution in [0.4, 0.5) is 0 Å². The van der Waals surface area contributed by atoms with Crippen LogP contribution >= 0.6 is 0 Å². The molecule has 1 aromatic heterocycles. The van der Waals surface area contributed by atoms with Gasteiger partial charge in [-0.25, -0.2) is 5.43 Å². The molecule has 5 nitrogen and oxygen atoms in total. The van der Waals surface area contributed by atoms with Crippen LogP contribution in [0.3, 0.4) is 0 Å². The van der Waals surface area contributed by atoms with Gasteiger partial charge in [0.05, 0.1) is 18.9 Å². The molecule has 0 atom stereocenters. The van der Waals surface area contributed by atoms with E-state index in [9.17, 15) is 4.79 Å². The number of benzene rings is 1. The molecule has 0 aliphatic heterocycles. The number of carbonyl (C=O) groups is 1. The summed E-state index contributed by atoms with van der Waals surface area (Å²) >= 11 is 0. The minimum atomic E-state index is -0.302. The summed E-state index contributed by atoms with van der Waals surface area (Å²) in [7, 11) is 1.59. The quantitative estimate of drug-likeness (QED) is 0.683. The average molecular weight is 269 g/mol. The molecule has 0 fully saturated rings. The van der Waals surface area contributed by atoms with Gasteiger partial charge in [0.2, 0.25) is 0 Å². The number of amides is 1. The van der Waals surface area contributed by atoms with Crippen LogP contribution in [0.2, 0.25) is 0 Å². The Balaban J connectivity index is 2.02. The molecule has 1 aromatic carbocycles. The van der Waals surface area contributed by atoms with E-state index in [4.69, 9.17) is 4.74 Å². The van der Waals surface area contributed by atoms with Gasteiger partial charge >= 0.3 is 0 Å². The molecular weight excluding hydrogens is 254 g/mol. The minimum absolute atomic E-state index is 0.302. The standard InChI is InChI=1S/C15H15N3O2/c1-11-7-8-13(9-16-11)15(19)18-17-10-12-5-3-4-6-14(12)20-2/h3-10H,1-2H3,(H,18,19)/b17-10+. The molecule has 2 rings (SSSR count). The van der Waals surface area contributed by atoms with Crippen molar-refractivity contribution in [2.45, 2.75) is 6.92 Å². The van der Waals surface area contributed by atoms with Crippen LogP contribution in [0, 0.1) is 6.92 Å². The second-order valence-corrected chi connectivity index (χ2v) is 4.13. The molecule has 0 spiro atoms. The van der Waals surface area contributed by atoms with Crippen molar-refractivity contribution in [3.05, 3.63) is 59.4 Å². The van der Waals surface area contributed by atoms with E-state index in [1.54, 1.807) is 25.5 Å². The summed E-state index contributed by atoms with van der Waals surface area (Å²) in [5, 5.41) is 3.92. The zero-order chi connectivity index (χ0) is 14.4. The van der Waals surface area contributed by atoms with Crippen molar-refractivity contribution in [1.82, 2.24) is 10.4 Å². The Morgan fingerprint density at radius 2 is 2.10 bits per heavy atom. The maximum absolute atomic E-state index is 11.8. The number of methoxy groups -OCH3 is 1. The van der Waals surface area contributed by atoms with Crippen LogP contribution in [0.1, 0.15) is 21.6 Å². The van der Waals surface area contributed by atoms with Gasteiger partial charge < -0.3 is 4.74 Å². The fraction of sp³-hybridized carbons (Fsp3) is 0.133. The normalized spacial score (nSPS) is 10.5. The van der Waals surface area contributed by atoms with Crippen LogP contribution in [-0.2, 0) is 0 Å². The fourth-order valence-electron chi connectivity index (χ4n) is 1.60. The van der Waals surface area contributed by atoms with Gasteiger partial charge in [0, 0.05) is 17.5 Å². The molecule has 5 heteroatoms. The lowest BCUT2D eigenvalue weighted by Gasteiger charge is -2.03. The molecule has 2 aromatic rings. The highest BCUT2D eigenvalue weighted by atomic mass is 16.5. The van der Waals surface area contributed by atoms with Gasteiger partial charge in [-0.3, -0.25) is 9.78 Å². The molecule has 20 heavy (non-hydrogen) atoms. The lowest BCUT2D eigenvalue weighted by Crippen LogP contribution is -2.17. The predicted molar refractivity (Wildman–Crippen MR) is 77.0 cm³/mol. The maximum atomic E-state index is 11.8. The molecule has 0 unspecified atom stereocenters. The van der Waals surface area contributed by atoms with Crippen LogP contribution in [-0.4, -0.2) is 24.2 Å². The smallest absolute Gasteiger partial charge is 0.272 e. The van der Waals surface area contributed by atoms with Gasteiger partial charge in [0.1, 0.15) is 5.75 Å². The number of nitrogens with one attached hydrogen (secondary N) is 1. The van der Waals surface area contributed by atoms with Crippen LogP contribution in [0.25, 0.3) is 0 Å². The summed E-state index contributed by atoms with van der Waals surface area (Å²) in [5.41, 5.74) is 4.57. The van der Waals surface area contributed by atoms with Crippen LogP contribution in [0.5, 0.6) is 5.75 Å². The number of carbonyl (C=O) groups excluding carboxylic acids is 1. The predicted octanol–water partition coefficient (Wildman–Crippen LogP) is 2.16. The number of pyridine rings is 1. The first-order valence-corrected chi connectivity index (χ1v) is 6.10. The third-order valence-corrected chi connectivity index (χ3v) is 2.68. The van der Waals surface area contributed by atoms with Crippen molar-refractivity contribution in [3.8, 4) is 5.75 Å². The lowest BCUT2D eigenvalue weighted by atomic mass is 10.2. The molecule has 1 amide bonds. The third kappa shape index (κ3) is 3.41. The molecule has 0 aliphatic carbocycles. The first-order valence-electron chi connectivity index (χ1n) is 6.10. The molecule has 1 heterocycles. The second-order valence-electron chi connectivity index (χ2n) is 4.13. The third-order valence-electron chi connectivity index (χ3n) is 2.68. The Morgan fingerprint density at radius 3 is 2.80 bits per heavy atom. The Bertz CT molecular complexity index is 621. The Hall–Kier alpha value is -2.69. The highest BCUT2D eigenvalue weighted by molar-refractivity contribution is 5.94. The Labute approximate surface area is 117 Å². The summed E-state index contributed by atoms with van der Waals surface area (Å²) in [6, 6.07) is 10.9. The number of hydrazone groups is 1. The van der Waals surface area contributed by atoms with E-state index in [0.29, 0.717) is 11.3 Å². The molecule has 0 bridgehead atoms.